The highest BCUT2D eigenvalue weighted by molar-refractivity contribution is 5.59. The minimum atomic E-state index is 0.168. The predicted molar refractivity (Wildman–Crippen MR) is 71.3 cm³/mol. The number of aromatic nitrogens is 2. The molecule has 2 rings (SSSR count). The largest absolute Gasteiger partial charge is 0.394 e. The molecule has 1 aromatic rings. The monoisotopic (exact) mass is 251 g/mol. The molecule has 0 aromatic carbocycles. The summed E-state index contributed by atoms with van der Waals surface area (Å²) in [5.41, 5.74) is 3.68. The van der Waals surface area contributed by atoms with Gasteiger partial charge in [0.2, 0.25) is 0 Å². The Hall–Kier alpha value is -1.40. The molecule has 1 fully saturated rings. The van der Waals surface area contributed by atoms with Crippen LogP contribution in [0.15, 0.2) is 6.33 Å². The topological polar surface area (TPSA) is 87.3 Å². The number of hydrogen-bond acceptors (Lipinski definition) is 6. The van der Waals surface area contributed by atoms with Crippen LogP contribution in [-0.2, 0) is 6.42 Å². The van der Waals surface area contributed by atoms with Crippen molar-refractivity contribution in [1.29, 1.82) is 0 Å². The molecule has 100 valence electrons. The molecule has 1 unspecified atom stereocenters. The number of nitrogens with zero attached hydrogens (tertiary/aromatic N) is 3. The van der Waals surface area contributed by atoms with Gasteiger partial charge in [-0.15, -0.1) is 0 Å². The van der Waals surface area contributed by atoms with Gasteiger partial charge in [0.15, 0.2) is 0 Å². The smallest absolute Gasteiger partial charge is 0.148 e. The Bertz CT molecular complexity index is 398. The first-order valence-electron chi connectivity index (χ1n) is 6.49. The van der Waals surface area contributed by atoms with E-state index in [1.54, 1.807) is 0 Å². The van der Waals surface area contributed by atoms with Crippen molar-refractivity contribution in [3.05, 3.63) is 11.9 Å². The van der Waals surface area contributed by atoms with Crippen molar-refractivity contribution >= 4 is 11.6 Å². The average molecular weight is 251 g/mol. The zero-order chi connectivity index (χ0) is 13.0. The Balaban J connectivity index is 2.36. The first kappa shape index (κ1) is 13.0. The van der Waals surface area contributed by atoms with Gasteiger partial charge in [-0.25, -0.2) is 15.8 Å². The highest BCUT2D eigenvalue weighted by atomic mass is 16.3. The molecule has 4 N–H and O–H groups in total. The number of hydrazine groups is 1. The van der Waals surface area contributed by atoms with Gasteiger partial charge in [-0.3, -0.25) is 0 Å². The van der Waals surface area contributed by atoms with Gasteiger partial charge in [0, 0.05) is 12.1 Å². The van der Waals surface area contributed by atoms with Crippen molar-refractivity contribution in [2.75, 3.05) is 23.5 Å². The fourth-order valence-electron chi connectivity index (χ4n) is 2.56. The van der Waals surface area contributed by atoms with Gasteiger partial charge >= 0.3 is 0 Å². The van der Waals surface area contributed by atoms with Crippen LogP contribution in [0, 0.1) is 0 Å². The fourth-order valence-corrected chi connectivity index (χ4v) is 2.56. The molecule has 6 nitrogen and oxygen atoms in total. The van der Waals surface area contributed by atoms with Crippen LogP contribution < -0.4 is 16.2 Å². The summed E-state index contributed by atoms with van der Waals surface area (Å²) in [4.78, 5) is 10.7. The maximum atomic E-state index is 9.42. The van der Waals surface area contributed by atoms with Crippen LogP contribution in [-0.4, -0.2) is 34.3 Å². The first-order valence-corrected chi connectivity index (χ1v) is 6.49. The molecule has 1 aliphatic rings. The summed E-state index contributed by atoms with van der Waals surface area (Å²) in [6, 6.07) is 0.168. The van der Waals surface area contributed by atoms with Gasteiger partial charge in [0.05, 0.1) is 12.6 Å². The van der Waals surface area contributed by atoms with E-state index in [1.165, 1.54) is 6.33 Å². The van der Waals surface area contributed by atoms with Crippen molar-refractivity contribution in [2.24, 2.45) is 5.84 Å². The van der Waals surface area contributed by atoms with E-state index in [1.807, 2.05) is 0 Å². The Morgan fingerprint density at radius 3 is 3.06 bits per heavy atom. The number of nitrogens with one attached hydrogen (secondary N) is 1. The van der Waals surface area contributed by atoms with Gasteiger partial charge in [-0.2, -0.15) is 0 Å². The van der Waals surface area contributed by atoms with Crippen molar-refractivity contribution in [3.8, 4) is 0 Å². The number of hydrogen-bond donors (Lipinski definition) is 3. The molecule has 0 bridgehead atoms. The van der Waals surface area contributed by atoms with Crippen LogP contribution in [0.3, 0.4) is 0 Å². The molecule has 0 aliphatic carbocycles. The quantitative estimate of drug-likeness (QED) is 0.527. The van der Waals surface area contributed by atoms with Crippen LogP contribution in [0.4, 0.5) is 11.6 Å². The van der Waals surface area contributed by atoms with Gasteiger partial charge in [0.1, 0.15) is 18.0 Å². The van der Waals surface area contributed by atoms with E-state index in [0.29, 0.717) is 5.82 Å². The molecular formula is C12H21N5O. The predicted octanol–water partition coefficient (Wildman–Crippen LogP) is 0.676. The molecule has 1 saturated heterocycles. The van der Waals surface area contributed by atoms with Crippen LogP contribution in [0.5, 0.6) is 0 Å². The van der Waals surface area contributed by atoms with Crippen molar-refractivity contribution in [3.63, 3.8) is 0 Å². The second-order valence-corrected chi connectivity index (χ2v) is 4.59. The molecular weight excluding hydrogens is 230 g/mol. The highest BCUT2D eigenvalue weighted by Crippen LogP contribution is 2.30. The lowest BCUT2D eigenvalue weighted by Gasteiger charge is -2.26. The number of rotatable bonds is 5. The zero-order valence-electron chi connectivity index (χ0n) is 10.8. The summed E-state index contributed by atoms with van der Waals surface area (Å²) in [6.07, 6.45) is 5.51. The summed E-state index contributed by atoms with van der Waals surface area (Å²) in [5, 5.41) is 9.42. The summed E-state index contributed by atoms with van der Waals surface area (Å²) in [5.74, 6) is 7.11. The number of nitrogen functional groups attached to an aromatic ring is 1. The molecule has 0 amide bonds. The summed E-state index contributed by atoms with van der Waals surface area (Å²) >= 11 is 0. The van der Waals surface area contributed by atoms with E-state index in [0.717, 1.165) is 43.6 Å². The van der Waals surface area contributed by atoms with Crippen LogP contribution in [0.25, 0.3) is 0 Å². The minimum Gasteiger partial charge on any atom is -0.394 e. The third-order valence-corrected chi connectivity index (χ3v) is 3.42. The molecule has 0 saturated carbocycles. The highest BCUT2D eigenvalue weighted by Gasteiger charge is 2.27. The molecule has 18 heavy (non-hydrogen) atoms. The van der Waals surface area contributed by atoms with Crippen LogP contribution in [0.2, 0.25) is 0 Å². The average Bonchev–Trinajstić information content (AvgIpc) is 2.87. The molecule has 6 heteroatoms. The third-order valence-electron chi connectivity index (χ3n) is 3.42. The molecule has 1 aromatic heterocycles. The Kier molecular flexibility index (Phi) is 4.33. The van der Waals surface area contributed by atoms with Crippen molar-refractivity contribution < 1.29 is 5.11 Å². The normalized spacial score (nSPS) is 19.3. The first-order chi connectivity index (χ1) is 8.81. The lowest BCUT2D eigenvalue weighted by atomic mass is 10.1. The summed E-state index contributed by atoms with van der Waals surface area (Å²) < 4.78 is 0. The maximum absolute atomic E-state index is 9.42. The van der Waals surface area contributed by atoms with Gasteiger partial charge < -0.3 is 15.4 Å². The summed E-state index contributed by atoms with van der Waals surface area (Å²) in [7, 11) is 0. The summed E-state index contributed by atoms with van der Waals surface area (Å²) in [6.45, 7) is 3.22. The van der Waals surface area contributed by atoms with Crippen LogP contribution >= 0.6 is 0 Å². The Morgan fingerprint density at radius 1 is 1.56 bits per heavy atom. The number of nitrogens with two attached hydrogens (primary N) is 1. The third kappa shape index (κ3) is 2.39. The standard InChI is InChI=1S/C12H21N5O/c1-2-4-10-11(16-13)14-8-15-12(10)17-6-3-5-9(17)7-18/h8-9,18H,2-7,13H2,1H3,(H,14,15,16). The van der Waals surface area contributed by atoms with Gasteiger partial charge in [-0.05, 0) is 19.3 Å². The number of aliphatic hydroxyl groups excluding tert-OH is 1. The van der Waals surface area contributed by atoms with E-state index in [4.69, 9.17) is 5.84 Å². The second kappa shape index (κ2) is 5.97. The van der Waals surface area contributed by atoms with E-state index < -0.39 is 0 Å². The lowest BCUT2D eigenvalue weighted by molar-refractivity contribution is 0.266. The van der Waals surface area contributed by atoms with Gasteiger partial charge in [-0.1, -0.05) is 13.3 Å². The van der Waals surface area contributed by atoms with Gasteiger partial charge in [0.25, 0.3) is 0 Å². The molecule has 1 aliphatic heterocycles. The number of aliphatic hydroxyl groups is 1. The van der Waals surface area contributed by atoms with Crippen LogP contribution in [0.1, 0.15) is 31.7 Å². The van der Waals surface area contributed by atoms with Crippen molar-refractivity contribution in [1.82, 2.24) is 9.97 Å². The Labute approximate surface area is 107 Å². The molecule has 1 atom stereocenters. The van der Waals surface area contributed by atoms with E-state index in [9.17, 15) is 5.11 Å². The number of anilines is 2. The van der Waals surface area contributed by atoms with E-state index in [-0.39, 0.29) is 12.6 Å². The molecule has 0 radical (unpaired) electrons. The second-order valence-electron chi connectivity index (χ2n) is 4.59. The lowest BCUT2D eigenvalue weighted by Crippen LogP contribution is -2.34. The van der Waals surface area contributed by atoms with Crippen molar-refractivity contribution in [2.45, 2.75) is 38.6 Å². The Morgan fingerprint density at radius 2 is 2.39 bits per heavy atom. The SMILES string of the molecule is CCCc1c(NN)ncnc1N1CCCC1CO. The molecule has 2 heterocycles. The molecule has 0 spiro atoms. The van der Waals surface area contributed by atoms with E-state index in [2.05, 4.69) is 27.2 Å². The fraction of sp³-hybridized carbons (Fsp3) is 0.667. The minimum absolute atomic E-state index is 0.168. The maximum Gasteiger partial charge on any atom is 0.148 e. The van der Waals surface area contributed by atoms with E-state index >= 15 is 0 Å². The zero-order valence-corrected chi connectivity index (χ0v) is 10.8.